The number of benzene rings is 1. The highest BCUT2D eigenvalue weighted by molar-refractivity contribution is 9.11. The summed E-state index contributed by atoms with van der Waals surface area (Å²) in [7, 11) is 1.40. The Morgan fingerprint density at radius 3 is 2.65 bits per heavy atom. The van der Waals surface area contributed by atoms with E-state index in [0.717, 1.165) is 14.6 Å². The van der Waals surface area contributed by atoms with E-state index in [-0.39, 0.29) is 5.97 Å². The summed E-state index contributed by atoms with van der Waals surface area (Å²) in [5.41, 5.74) is 0.382. The van der Waals surface area contributed by atoms with Gasteiger partial charge in [-0.25, -0.2) is 0 Å². The van der Waals surface area contributed by atoms with E-state index in [9.17, 15) is 4.79 Å². The Kier molecular flexibility index (Phi) is 5.01. The summed E-state index contributed by atoms with van der Waals surface area (Å²) < 4.78 is 6.70. The van der Waals surface area contributed by atoms with Crippen molar-refractivity contribution in [1.82, 2.24) is 0 Å². The number of hydrogen-bond donors (Lipinski definition) is 1. The van der Waals surface area contributed by atoms with E-state index in [1.165, 1.54) is 7.11 Å². The van der Waals surface area contributed by atoms with Crippen LogP contribution in [0.5, 0.6) is 0 Å². The predicted octanol–water partition coefficient (Wildman–Crippen LogP) is 3.82. The van der Waals surface area contributed by atoms with Crippen molar-refractivity contribution < 1.29 is 9.53 Å². The Bertz CT molecular complexity index is 419. The van der Waals surface area contributed by atoms with E-state index in [4.69, 9.17) is 4.74 Å². The highest BCUT2D eigenvalue weighted by Crippen LogP contribution is 2.27. The van der Waals surface area contributed by atoms with Crippen molar-refractivity contribution in [2.75, 3.05) is 19.0 Å². The third-order valence-electron chi connectivity index (χ3n) is 2.39. The molecule has 0 aliphatic rings. The van der Waals surface area contributed by atoms with Crippen molar-refractivity contribution in [2.24, 2.45) is 5.41 Å². The molecule has 94 valence electrons. The summed E-state index contributed by atoms with van der Waals surface area (Å²) in [6, 6.07) is 5.84. The van der Waals surface area contributed by atoms with Crippen LogP contribution in [0.4, 0.5) is 5.69 Å². The smallest absolute Gasteiger partial charge is 0.313 e. The molecule has 0 aliphatic heterocycles. The normalized spacial score (nSPS) is 11.1. The summed E-state index contributed by atoms with van der Waals surface area (Å²) in [5, 5.41) is 3.23. The number of anilines is 1. The first-order valence-corrected chi connectivity index (χ1v) is 6.73. The first kappa shape index (κ1) is 14.5. The SMILES string of the molecule is COC(=O)C(C)(C)CNc1cc(Br)ccc1Br. The van der Waals surface area contributed by atoms with Crippen molar-refractivity contribution >= 4 is 43.5 Å². The van der Waals surface area contributed by atoms with Gasteiger partial charge < -0.3 is 10.1 Å². The maximum absolute atomic E-state index is 11.5. The minimum absolute atomic E-state index is 0.226. The lowest BCUT2D eigenvalue weighted by molar-refractivity contribution is -0.149. The number of hydrogen-bond acceptors (Lipinski definition) is 3. The number of nitrogens with one attached hydrogen (secondary N) is 1. The molecule has 0 radical (unpaired) electrons. The predicted molar refractivity (Wildman–Crippen MR) is 76.1 cm³/mol. The van der Waals surface area contributed by atoms with Crippen molar-refractivity contribution in [3.8, 4) is 0 Å². The molecule has 17 heavy (non-hydrogen) atoms. The molecule has 0 saturated heterocycles. The number of rotatable bonds is 4. The molecule has 0 fully saturated rings. The van der Waals surface area contributed by atoms with Crippen molar-refractivity contribution in [3.63, 3.8) is 0 Å². The number of halogens is 2. The topological polar surface area (TPSA) is 38.3 Å². The van der Waals surface area contributed by atoms with E-state index in [1.54, 1.807) is 0 Å². The standard InChI is InChI=1S/C12H15Br2NO2/c1-12(2,11(16)17-3)7-15-10-6-8(13)4-5-9(10)14/h4-6,15H,7H2,1-3H3. The maximum atomic E-state index is 11.5. The van der Waals surface area contributed by atoms with Gasteiger partial charge in [0.2, 0.25) is 0 Å². The molecule has 1 aromatic carbocycles. The molecular formula is C12H15Br2NO2. The molecule has 0 amide bonds. The molecule has 0 saturated carbocycles. The lowest BCUT2D eigenvalue weighted by Gasteiger charge is -2.22. The van der Waals surface area contributed by atoms with E-state index in [2.05, 4.69) is 37.2 Å². The summed E-state index contributed by atoms with van der Waals surface area (Å²) in [6.45, 7) is 4.20. The lowest BCUT2D eigenvalue weighted by Crippen LogP contribution is -2.33. The Labute approximate surface area is 118 Å². The summed E-state index contributed by atoms with van der Waals surface area (Å²) >= 11 is 6.86. The van der Waals surface area contributed by atoms with Gasteiger partial charge in [0.25, 0.3) is 0 Å². The zero-order valence-electron chi connectivity index (χ0n) is 10.0. The molecule has 0 bridgehead atoms. The first-order valence-electron chi connectivity index (χ1n) is 5.14. The zero-order valence-corrected chi connectivity index (χ0v) is 13.2. The highest BCUT2D eigenvalue weighted by atomic mass is 79.9. The zero-order chi connectivity index (χ0) is 13.1. The van der Waals surface area contributed by atoms with Gasteiger partial charge in [0.05, 0.1) is 12.5 Å². The minimum Gasteiger partial charge on any atom is -0.469 e. The second-order valence-electron chi connectivity index (χ2n) is 4.35. The van der Waals surface area contributed by atoms with Crippen molar-refractivity contribution in [3.05, 3.63) is 27.1 Å². The third kappa shape index (κ3) is 4.00. The van der Waals surface area contributed by atoms with Crippen molar-refractivity contribution in [1.29, 1.82) is 0 Å². The van der Waals surface area contributed by atoms with Crippen molar-refractivity contribution in [2.45, 2.75) is 13.8 Å². The van der Waals surface area contributed by atoms with Crippen LogP contribution in [0.3, 0.4) is 0 Å². The van der Waals surface area contributed by atoms with Crippen LogP contribution in [0.2, 0.25) is 0 Å². The quantitative estimate of drug-likeness (QED) is 0.825. The highest BCUT2D eigenvalue weighted by Gasteiger charge is 2.28. The van der Waals surface area contributed by atoms with Crippen LogP contribution in [0.15, 0.2) is 27.1 Å². The molecular weight excluding hydrogens is 350 g/mol. The molecule has 0 spiro atoms. The minimum atomic E-state index is -0.559. The van der Waals surface area contributed by atoms with Crippen LogP contribution in [-0.2, 0) is 9.53 Å². The molecule has 1 rings (SSSR count). The molecule has 0 aromatic heterocycles. The summed E-state index contributed by atoms with van der Waals surface area (Å²) in [6.07, 6.45) is 0. The molecule has 3 nitrogen and oxygen atoms in total. The van der Waals surface area contributed by atoms with Gasteiger partial charge in [-0.15, -0.1) is 0 Å². The molecule has 1 N–H and O–H groups in total. The van der Waals surface area contributed by atoms with Crippen LogP contribution in [0.25, 0.3) is 0 Å². The molecule has 1 aromatic rings. The molecule has 0 heterocycles. The third-order valence-corrected chi connectivity index (χ3v) is 3.57. The first-order chi connectivity index (χ1) is 7.86. The van der Waals surface area contributed by atoms with Gasteiger partial charge in [0.15, 0.2) is 0 Å². The number of methoxy groups -OCH3 is 1. The number of esters is 1. The van der Waals surface area contributed by atoms with E-state index in [0.29, 0.717) is 6.54 Å². The second-order valence-corrected chi connectivity index (χ2v) is 6.12. The van der Waals surface area contributed by atoms with Gasteiger partial charge in [0.1, 0.15) is 0 Å². The van der Waals surface area contributed by atoms with E-state index < -0.39 is 5.41 Å². The average Bonchev–Trinajstić information content (AvgIpc) is 2.29. The fourth-order valence-corrected chi connectivity index (χ4v) is 2.05. The molecule has 0 aliphatic carbocycles. The van der Waals surface area contributed by atoms with Gasteiger partial charge in [-0.2, -0.15) is 0 Å². The second kappa shape index (κ2) is 5.87. The van der Waals surface area contributed by atoms with Gasteiger partial charge in [-0.1, -0.05) is 15.9 Å². The molecule has 5 heteroatoms. The van der Waals surface area contributed by atoms with Crippen LogP contribution in [-0.4, -0.2) is 19.6 Å². The molecule has 0 atom stereocenters. The fourth-order valence-electron chi connectivity index (χ4n) is 1.30. The molecule has 0 unspecified atom stereocenters. The summed E-state index contributed by atoms with van der Waals surface area (Å²) in [4.78, 5) is 11.5. The lowest BCUT2D eigenvalue weighted by atomic mass is 9.93. The Morgan fingerprint density at radius 1 is 1.41 bits per heavy atom. The van der Waals surface area contributed by atoms with Crippen LogP contribution >= 0.6 is 31.9 Å². The number of ether oxygens (including phenoxy) is 1. The average molecular weight is 365 g/mol. The Balaban J connectivity index is 2.73. The van der Waals surface area contributed by atoms with Crippen LogP contribution in [0, 0.1) is 5.41 Å². The number of carbonyl (C=O) groups excluding carboxylic acids is 1. The van der Waals surface area contributed by atoms with Crippen LogP contribution < -0.4 is 5.32 Å². The van der Waals surface area contributed by atoms with E-state index in [1.807, 2.05) is 32.0 Å². The van der Waals surface area contributed by atoms with Gasteiger partial charge in [-0.05, 0) is 48.0 Å². The van der Waals surface area contributed by atoms with Gasteiger partial charge >= 0.3 is 5.97 Å². The van der Waals surface area contributed by atoms with E-state index >= 15 is 0 Å². The Morgan fingerprint density at radius 2 is 2.06 bits per heavy atom. The maximum Gasteiger partial charge on any atom is 0.313 e. The van der Waals surface area contributed by atoms with Crippen LogP contribution in [0.1, 0.15) is 13.8 Å². The van der Waals surface area contributed by atoms with Gasteiger partial charge in [-0.3, -0.25) is 4.79 Å². The van der Waals surface area contributed by atoms with Gasteiger partial charge in [0, 0.05) is 21.2 Å². The summed E-state index contributed by atoms with van der Waals surface area (Å²) in [5.74, 6) is -0.226. The Hall–Kier alpha value is -0.550. The monoisotopic (exact) mass is 363 g/mol. The number of carbonyl (C=O) groups is 1. The fraction of sp³-hybridized carbons (Fsp3) is 0.417. The largest absolute Gasteiger partial charge is 0.469 e.